The van der Waals surface area contributed by atoms with E-state index in [2.05, 4.69) is 15.5 Å². The van der Waals surface area contributed by atoms with Crippen molar-refractivity contribution in [3.63, 3.8) is 0 Å². The van der Waals surface area contributed by atoms with Crippen LogP contribution in [-0.2, 0) is 11.3 Å². The van der Waals surface area contributed by atoms with Gasteiger partial charge in [0.1, 0.15) is 0 Å². The minimum atomic E-state index is 0.171. The van der Waals surface area contributed by atoms with E-state index in [4.69, 9.17) is 0 Å². The number of carbonyl (C=O) groups excluding carboxylic acids is 1. The molecule has 1 fully saturated rings. The molecule has 23 heavy (non-hydrogen) atoms. The first-order chi connectivity index (χ1) is 11.2. The summed E-state index contributed by atoms with van der Waals surface area (Å²) in [5, 5.41) is 12.0. The molecule has 1 aliphatic rings. The molecule has 0 aliphatic carbocycles. The van der Waals surface area contributed by atoms with Gasteiger partial charge in [-0.25, -0.2) is 0 Å². The number of rotatable bonds is 5. The van der Waals surface area contributed by atoms with Crippen molar-refractivity contribution in [2.24, 2.45) is 0 Å². The standard InChI is InChI=1S/C16H22N6O/c1-20(13-16(23)21-9-7-17-8-10-21)12-14-11-18-22(19-14)15-5-3-2-4-6-15/h2-6,11,17H,7-10,12-13H2,1H3. The lowest BCUT2D eigenvalue weighted by Gasteiger charge is -2.29. The van der Waals surface area contributed by atoms with Gasteiger partial charge in [-0.15, -0.1) is 0 Å². The molecular weight excluding hydrogens is 292 g/mol. The number of aromatic nitrogens is 3. The first kappa shape index (κ1) is 15.6. The average Bonchev–Trinajstić information content (AvgIpc) is 3.04. The molecule has 7 nitrogen and oxygen atoms in total. The number of nitrogens with zero attached hydrogens (tertiary/aromatic N) is 5. The summed E-state index contributed by atoms with van der Waals surface area (Å²) in [6.07, 6.45) is 1.75. The zero-order valence-corrected chi connectivity index (χ0v) is 13.4. The Kier molecular flexibility index (Phi) is 4.99. The van der Waals surface area contributed by atoms with E-state index in [9.17, 15) is 4.79 Å². The van der Waals surface area contributed by atoms with Gasteiger partial charge in [0.05, 0.1) is 24.1 Å². The quantitative estimate of drug-likeness (QED) is 0.850. The van der Waals surface area contributed by atoms with Crippen LogP contribution in [0.1, 0.15) is 5.69 Å². The molecule has 1 aliphatic heterocycles. The Morgan fingerprint density at radius 3 is 2.74 bits per heavy atom. The molecule has 0 radical (unpaired) electrons. The van der Waals surface area contributed by atoms with E-state index in [0.717, 1.165) is 37.6 Å². The summed E-state index contributed by atoms with van der Waals surface area (Å²) in [6.45, 7) is 4.33. The predicted octanol–water partition coefficient (Wildman–Crippen LogP) is 0.131. The molecular formula is C16H22N6O. The minimum absolute atomic E-state index is 0.171. The van der Waals surface area contributed by atoms with Crippen LogP contribution in [0.25, 0.3) is 5.69 Å². The summed E-state index contributed by atoms with van der Waals surface area (Å²) in [5.41, 5.74) is 1.78. The van der Waals surface area contributed by atoms with Crippen molar-refractivity contribution in [1.29, 1.82) is 0 Å². The molecule has 0 bridgehead atoms. The van der Waals surface area contributed by atoms with E-state index in [1.54, 1.807) is 11.0 Å². The van der Waals surface area contributed by atoms with Gasteiger partial charge in [0.15, 0.2) is 0 Å². The highest BCUT2D eigenvalue weighted by atomic mass is 16.2. The first-order valence-corrected chi connectivity index (χ1v) is 7.86. The molecule has 122 valence electrons. The maximum Gasteiger partial charge on any atom is 0.236 e. The third-order valence-electron chi connectivity index (χ3n) is 3.83. The molecule has 2 aromatic rings. The fourth-order valence-electron chi connectivity index (χ4n) is 2.63. The molecule has 1 saturated heterocycles. The zero-order valence-electron chi connectivity index (χ0n) is 13.4. The molecule has 1 amide bonds. The number of nitrogens with one attached hydrogen (secondary N) is 1. The number of likely N-dealkylation sites (N-methyl/N-ethyl adjacent to an activating group) is 1. The van der Waals surface area contributed by atoms with Crippen molar-refractivity contribution in [3.8, 4) is 5.69 Å². The van der Waals surface area contributed by atoms with Crippen molar-refractivity contribution < 1.29 is 4.79 Å². The van der Waals surface area contributed by atoms with Crippen LogP contribution in [0.2, 0.25) is 0 Å². The van der Waals surface area contributed by atoms with Crippen LogP contribution in [0.15, 0.2) is 36.5 Å². The SMILES string of the molecule is CN(CC(=O)N1CCNCC1)Cc1cnn(-c2ccccc2)n1. The summed E-state index contributed by atoms with van der Waals surface area (Å²) in [7, 11) is 1.93. The second-order valence-corrected chi connectivity index (χ2v) is 5.76. The molecule has 7 heteroatoms. The normalized spacial score (nSPS) is 15.1. The lowest BCUT2D eigenvalue weighted by Crippen LogP contribution is -2.49. The summed E-state index contributed by atoms with van der Waals surface area (Å²) in [4.78, 5) is 17.7. The van der Waals surface area contributed by atoms with Crippen LogP contribution in [0.5, 0.6) is 0 Å². The van der Waals surface area contributed by atoms with E-state index in [-0.39, 0.29) is 5.91 Å². The average molecular weight is 314 g/mol. The smallest absolute Gasteiger partial charge is 0.236 e. The number of hydrogen-bond donors (Lipinski definition) is 1. The van der Waals surface area contributed by atoms with Gasteiger partial charge < -0.3 is 10.2 Å². The van der Waals surface area contributed by atoms with E-state index in [1.807, 2.05) is 47.2 Å². The van der Waals surface area contributed by atoms with Crippen LogP contribution < -0.4 is 5.32 Å². The molecule has 0 unspecified atom stereocenters. The second-order valence-electron chi connectivity index (χ2n) is 5.76. The van der Waals surface area contributed by atoms with Crippen molar-refractivity contribution in [2.75, 3.05) is 39.8 Å². The highest BCUT2D eigenvalue weighted by Crippen LogP contribution is 2.06. The highest BCUT2D eigenvalue weighted by Gasteiger charge is 2.18. The number of amides is 1. The Bertz CT molecular complexity index is 635. The lowest BCUT2D eigenvalue weighted by atomic mass is 10.3. The number of hydrogen-bond acceptors (Lipinski definition) is 5. The Labute approximate surface area is 135 Å². The topological polar surface area (TPSA) is 66.3 Å². The van der Waals surface area contributed by atoms with Crippen LogP contribution in [0, 0.1) is 0 Å². The second kappa shape index (κ2) is 7.34. The van der Waals surface area contributed by atoms with Crippen LogP contribution in [0.3, 0.4) is 0 Å². The Morgan fingerprint density at radius 1 is 1.26 bits per heavy atom. The first-order valence-electron chi connectivity index (χ1n) is 7.86. The largest absolute Gasteiger partial charge is 0.339 e. The Morgan fingerprint density at radius 2 is 2.00 bits per heavy atom. The van der Waals surface area contributed by atoms with Gasteiger partial charge in [-0.05, 0) is 19.2 Å². The van der Waals surface area contributed by atoms with Gasteiger partial charge in [-0.1, -0.05) is 18.2 Å². The summed E-state index contributed by atoms with van der Waals surface area (Å²) >= 11 is 0. The fourth-order valence-corrected chi connectivity index (χ4v) is 2.63. The van der Waals surface area contributed by atoms with Crippen molar-refractivity contribution in [2.45, 2.75) is 6.54 Å². The van der Waals surface area contributed by atoms with E-state index >= 15 is 0 Å². The zero-order chi connectivity index (χ0) is 16.1. The van der Waals surface area contributed by atoms with E-state index < -0.39 is 0 Å². The maximum atomic E-state index is 12.2. The molecule has 0 spiro atoms. The molecule has 1 aromatic carbocycles. The Balaban J connectivity index is 1.54. The van der Waals surface area contributed by atoms with Crippen LogP contribution in [0.4, 0.5) is 0 Å². The lowest BCUT2D eigenvalue weighted by molar-refractivity contribution is -0.132. The molecule has 1 aromatic heterocycles. The monoisotopic (exact) mass is 314 g/mol. The predicted molar refractivity (Wildman–Crippen MR) is 87.1 cm³/mol. The molecule has 3 rings (SSSR count). The fraction of sp³-hybridized carbons (Fsp3) is 0.438. The number of para-hydroxylation sites is 1. The number of benzene rings is 1. The van der Waals surface area contributed by atoms with E-state index in [1.165, 1.54) is 0 Å². The van der Waals surface area contributed by atoms with Crippen LogP contribution >= 0.6 is 0 Å². The van der Waals surface area contributed by atoms with Crippen molar-refractivity contribution in [1.82, 2.24) is 30.1 Å². The van der Waals surface area contributed by atoms with Gasteiger partial charge in [-0.3, -0.25) is 9.69 Å². The summed E-state index contributed by atoms with van der Waals surface area (Å²) in [6, 6.07) is 9.79. The van der Waals surface area contributed by atoms with Gasteiger partial charge in [0, 0.05) is 32.7 Å². The van der Waals surface area contributed by atoms with Crippen LogP contribution in [-0.4, -0.2) is 70.5 Å². The summed E-state index contributed by atoms with van der Waals surface area (Å²) < 4.78 is 0. The number of piperazine rings is 1. The molecule has 2 heterocycles. The molecule has 1 N–H and O–H groups in total. The van der Waals surface area contributed by atoms with Gasteiger partial charge in [0.2, 0.25) is 5.91 Å². The third-order valence-corrected chi connectivity index (χ3v) is 3.83. The van der Waals surface area contributed by atoms with Gasteiger partial charge >= 0.3 is 0 Å². The van der Waals surface area contributed by atoms with Gasteiger partial charge in [-0.2, -0.15) is 15.0 Å². The van der Waals surface area contributed by atoms with Crippen molar-refractivity contribution in [3.05, 3.63) is 42.2 Å². The molecule has 0 saturated carbocycles. The molecule has 0 atom stereocenters. The van der Waals surface area contributed by atoms with Gasteiger partial charge in [0.25, 0.3) is 0 Å². The number of carbonyl (C=O) groups is 1. The summed E-state index contributed by atoms with van der Waals surface area (Å²) in [5.74, 6) is 0.171. The third kappa shape index (κ3) is 4.14. The van der Waals surface area contributed by atoms with E-state index in [0.29, 0.717) is 13.1 Å². The van der Waals surface area contributed by atoms with Crippen molar-refractivity contribution >= 4 is 5.91 Å². The highest BCUT2D eigenvalue weighted by molar-refractivity contribution is 5.78. The maximum absolute atomic E-state index is 12.2. The minimum Gasteiger partial charge on any atom is -0.339 e. The Hall–Kier alpha value is -2.25.